The molecular weight excluding hydrogens is 1060 g/mol. The highest BCUT2D eigenvalue weighted by Crippen LogP contribution is 2.48. The van der Waals surface area contributed by atoms with Crippen LogP contribution in [-0.2, 0) is 0 Å². The first-order valence-electron chi connectivity index (χ1n) is 28.6. The summed E-state index contributed by atoms with van der Waals surface area (Å²) < 4.78 is 10.0. The number of hydrogen-bond donors (Lipinski definition) is 0. The summed E-state index contributed by atoms with van der Waals surface area (Å²) in [6.07, 6.45) is 0. The number of nitrogens with zero attached hydrogens (tertiary/aromatic N) is 4. The van der Waals surface area contributed by atoms with Crippen molar-refractivity contribution in [3.63, 3.8) is 0 Å². The Bertz CT molecular complexity index is 5330. The van der Waals surface area contributed by atoms with Gasteiger partial charge in [-0.2, -0.15) is 0 Å². The van der Waals surface area contributed by atoms with Crippen LogP contribution in [0.5, 0.6) is 0 Å². The standard InChI is InChI=1S/C78H48N4S2/c1-5-19-53(20-6-1)79(57-31-37-63-67-35-29-49-17-13-15-27-61(49)77(67)81(71(63)45-57)55-23-9-3-10-24-55)59-33-39-65-69-41-51-44-74-70(42-52(51)43-73(69)83-75(65)47-59)66-40-34-60(48-76(66)84-74)80(54-21-7-2-8-22-54)58-32-38-64-68-36-30-50-18-14-16-28-62(50)78(68)82(72(64)46-58)56-25-11-4-12-26-56/h1-48H. The Hall–Kier alpha value is -10.5. The lowest BCUT2D eigenvalue weighted by molar-refractivity contribution is 1.18. The third-order valence-electron chi connectivity index (χ3n) is 17.4. The van der Waals surface area contributed by atoms with Gasteiger partial charge >= 0.3 is 0 Å². The second kappa shape index (κ2) is 18.5. The quantitative estimate of drug-likeness (QED) is 0.151. The van der Waals surface area contributed by atoms with Gasteiger partial charge in [0.25, 0.3) is 0 Å². The first kappa shape index (κ1) is 47.2. The predicted molar refractivity (Wildman–Crippen MR) is 363 cm³/mol. The number of anilines is 6. The molecule has 4 nitrogen and oxygen atoms in total. The molecule has 14 aromatic carbocycles. The molecule has 0 N–H and O–H groups in total. The highest BCUT2D eigenvalue weighted by Gasteiger charge is 2.23. The van der Waals surface area contributed by atoms with Crippen molar-refractivity contribution in [2.24, 2.45) is 0 Å². The molecule has 18 rings (SSSR count). The molecule has 392 valence electrons. The molecule has 0 saturated heterocycles. The van der Waals surface area contributed by atoms with E-state index in [2.05, 4.69) is 310 Å². The molecule has 0 atom stereocenters. The SMILES string of the molecule is c1ccc(N(c2ccc3c(c2)sc2cc4cc5c(cc4cc23)sc2cc(N(c3ccccc3)c3ccc4c6ccc7ccccc7c6n(-c6ccccc6)c4c3)ccc25)c2ccc3c4ccc5ccccc5c4n(-c4ccccc4)c3c2)cc1. The van der Waals surface area contributed by atoms with Crippen LogP contribution in [-0.4, -0.2) is 9.13 Å². The monoisotopic (exact) mass is 1100 g/mol. The summed E-state index contributed by atoms with van der Waals surface area (Å²) in [7, 11) is 0. The van der Waals surface area contributed by atoms with Gasteiger partial charge in [-0.25, -0.2) is 0 Å². The summed E-state index contributed by atoms with van der Waals surface area (Å²) in [5, 5.41) is 17.6. The molecular formula is C78H48N4S2. The summed E-state index contributed by atoms with van der Waals surface area (Å²) in [6, 6.07) is 108. The number of para-hydroxylation sites is 4. The van der Waals surface area contributed by atoms with E-state index in [0.717, 1.165) is 45.5 Å². The number of fused-ring (bicyclic) bond motifs is 17. The summed E-state index contributed by atoms with van der Waals surface area (Å²) in [6.45, 7) is 0. The van der Waals surface area contributed by atoms with Gasteiger partial charge in [-0.15, -0.1) is 22.7 Å². The van der Waals surface area contributed by atoms with E-state index in [-0.39, 0.29) is 0 Å². The van der Waals surface area contributed by atoms with Crippen molar-refractivity contribution < 1.29 is 0 Å². The number of thiophene rings is 2. The molecule has 4 aromatic heterocycles. The van der Waals surface area contributed by atoms with E-state index in [1.54, 1.807) is 0 Å². The third kappa shape index (κ3) is 7.24. The smallest absolute Gasteiger partial charge is 0.0619 e. The van der Waals surface area contributed by atoms with Gasteiger partial charge in [0, 0.05) is 118 Å². The van der Waals surface area contributed by atoms with Crippen LogP contribution in [0.1, 0.15) is 0 Å². The van der Waals surface area contributed by atoms with Gasteiger partial charge in [0.1, 0.15) is 0 Å². The van der Waals surface area contributed by atoms with Gasteiger partial charge in [0.15, 0.2) is 0 Å². The molecule has 0 unspecified atom stereocenters. The largest absolute Gasteiger partial charge is 0.310 e. The fourth-order valence-corrected chi connectivity index (χ4v) is 15.9. The van der Waals surface area contributed by atoms with Crippen LogP contribution in [0.2, 0.25) is 0 Å². The first-order valence-corrected chi connectivity index (χ1v) is 30.3. The van der Waals surface area contributed by atoms with Crippen LogP contribution in [0, 0.1) is 0 Å². The molecule has 0 spiro atoms. The number of benzene rings is 14. The van der Waals surface area contributed by atoms with E-state index < -0.39 is 0 Å². The lowest BCUT2D eigenvalue weighted by Crippen LogP contribution is -2.09. The fraction of sp³-hybridized carbons (Fsp3) is 0. The van der Waals surface area contributed by atoms with Crippen molar-refractivity contribution in [2.75, 3.05) is 9.80 Å². The average molecular weight is 1110 g/mol. The maximum Gasteiger partial charge on any atom is 0.0619 e. The van der Waals surface area contributed by atoms with Crippen molar-refractivity contribution in [3.05, 3.63) is 291 Å². The van der Waals surface area contributed by atoms with Gasteiger partial charge in [0.05, 0.1) is 22.1 Å². The molecule has 0 aliphatic heterocycles. The van der Waals surface area contributed by atoms with Gasteiger partial charge in [-0.1, -0.05) is 170 Å². The van der Waals surface area contributed by atoms with Crippen LogP contribution in [0.4, 0.5) is 34.1 Å². The predicted octanol–water partition coefficient (Wildman–Crippen LogP) is 23.0. The van der Waals surface area contributed by atoms with Gasteiger partial charge < -0.3 is 18.9 Å². The van der Waals surface area contributed by atoms with Crippen LogP contribution >= 0.6 is 22.7 Å². The fourth-order valence-electron chi connectivity index (χ4n) is 13.6. The highest BCUT2D eigenvalue weighted by atomic mass is 32.1. The Balaban J connectivity index is 0.742. The molecule has 0 saturated carbocycles. The number of rotatable bonds is 8. The third-order valence-corrected chi connectivity index (χ3v) is 19.6. The molecule has 0 amide bonds. The zero-order valence-corrected chi connectivity index (χ0v) is 47.0. The topological polar surface area (TPSA) is 16.3 Å². The Morgan fingerprint density at radius 1 is 0.214 bits per heavy atom. The minimum Gasteiger partial charge on any atom is -0.310 e. The van der Waals surface area contributed by atoms with Gasteiger partial charge in [-0.3, -0.25) is 0 Å². The first-order chi connectivity index (χ1) is 41.6. The molecule has 0 aliphatic carbocycles. The van der Waals surface area contributed by atoms with Crippen LogP contribution in [0.3, 0.4) is 0 Å². The Kier molecular flexibility index (Phi) is 10.4. The molecule has 6 heteroatoms. The van der Waals surface area contributed by atoms with E-state index >= 15 is 0 Å². The summed E-state index contributed by atoms with van der Waals surface area (Å²) in [5.74, 6) is 0. The van der Waals surface area contributed by atoms with E-state index in [1.165, 1.54) is 116 Å². The Morgan fingerprint density at radius 3 is 0.988 bits per heavy atom. The highest BCUT2D eigenvalue weighted by molar-refractivity contribution is 7.26. The molecule has 0 bridgehead atoms. The Morgan fingerprint density at radius 2 is 0.560 bits per heavy atom. The van der Waals surface area contributed by atoms with Crippen molar-refractivity contribution >= 4 is 173 Å². The molecule has 18 aromatic rings. The van der Waals surface area contributed by atoms with E-state index in [0.29, 0.717) is 0 Å². The minimum absolute atomic E-state index is 1.11. The number of aromatic nitrogens is 2. The van der Waals surface area contributed by atoms with Gasteiger partial charge in [-0.05, 0) is 143 Å². The minimum atomic E-state index is 1.11. The second-order valence-corrected chi connectivity index (χ2v) is 24.2. The van der Waals surface area contributed by atoms with Crippen molar-refractivity contribution in [1.82, 2.24) is 9.13 Å². The maximum absolute atomic E-state index is 2.46. The van der Waals surface area contributed by atoms with Crippen molar-refractivity contribution in [3.8, 4) is 11.4 Å². The zero-order valence-electron chi connectivity index (χ0n) is 45.3. The van der Waals surface area contributed by atoms with Crippen molar-refractivity contribution in [2.45, 2.75) is 0 Å². The van der Waals surface area contributed by atoms with Crippen molar-refractivity contribution in [1.29, 1.82) is 0 Å². The lowest BCUT2D eigenvalue weighted by Gasteiger charge is -2.26. The molecule has 0 radical (unpaired) electrons. The summed E-state index contributed by atoms with van der Waals surface area (Å²) in [5.41, 5.74) is 13.8. The molecule has 0 aliphatic rings. The molecule has 4 heterocycles. The molecule has 84 heavy (non-hydrogen) atoms. The van der Waals surface area contributed by atoms with E-state index in [1.807, 2.05) is 22.7 Å². The maximum atomic E-state index is 2.46. The summed E-state index contributed by atoms with van der Waals surface area (Å²) >= 11 is 3.77. The van der Waals surface area contributed by atoms with E-state index in [9.17, 15) is 0 Å². The van der Waals surface area contributed by atoms with Crippen LogP contribution in [0.15, 0.2) is 291 Å². The summed E-state index contributed by atoms with van der Waals surface area (Å²) in [4.78, 5) is 4.83. The van der Waals surface area contributed by atoms with Crippen LogP contribution < -0.4 is 9.80 Å². The second-order valence-electron chi connectivity index (χ2n) is 22.1. The number of hydrogen-bond acceptors (Lipinski definition) is 4. The average Bonchev–Trinajstić information content (AvgIpc) is 2.88. The molecule has 0 fully saturated rings. The lowest BCUT2D eigenvalue weighted by atomic mass is 10.0. The normalized spacial score (nSPS) is 12.0. The van der Waals surface area contributed by atoms with Crippen LogP contribution in [0.25, 0.3) is 128 Å². The van der Waals surface area contributed by atoms with Gasteiger partial charge in [0.2, 0.25) is 0 Å². The van der Waals surface area contributed by atoms with E-state index in [4.69, 9.17) is 0 Å². The Labute approximate surface area is 491 Å². The zero-order chi connectivity index (χ0) is 55.0.